The van der Waals surface area contributed by atoms with E-state index in [2.05, 4.69) is 4.98 Å². The molecule has 2 aromatic carbocycles. The molecular formula is C21H23N5O4. The predicted octanol–water partition coefficient (Wildman–Crippen LogP) is 2.59. The Labute approximate surface area is 173 Å². The molecule has 1 aliphatic rings. The Bertz CT molecular complexity index is 1100. The van der Waals surface area contributed by atoms with Gasteiger partial charge in [-0.15, -0.1) is 0 Å². The fraction of sp³-hybridized carbons (Fsp3) is 0.333. The molecule has 9 nitrogen and oxygen atoms in total. The Morgan fingerprint density at radius 1 is 1.23 bits per heavy atom. The van der Waals surface area contributed by atoms with Crippen molar-refractivity contribution in [3.63, 3.8) is 0 Å². The zero-order valence-corrected chi connectivity index (χ0v) is 16.9. The van der Waals surface area contributed by atoms with E-state index >= 15 is 0 Å². The van der Waals surface area contributed by atoms with Crippen LogP contribution in [-0.4, -0.2) is 58.6 Å². The predicted molar refractivity (Wildman–Crippen MR) is 113 cm³/mol. The molecule has 9 heteroatoms. The van der Waals surface area contributed by atoms with Crippen LogP contribution < -0.4 is 4.90 Å². The summed E-state index contributed by atoms with van der Waals surface area (Å²) in [5.41, 5.74) is 2.52. The number of rotatable bonds is 5. The van der Waals surface area contributed by atoms with Gasteiger partial charge in [0, 0.05) is 38.8 Å². The number of aromatic nitrogens is 2. The molecule has 0 bridgehead atoms. The summed E-state index contributed by atoms with van der Waals surface area (Å²) in [7, 11) is 3.71. The number of para-hydroxylation sites is 2. The van der Waals surface area contributed by atoms with E-state index in [1.54, 1.807) is 29.0 Å². The molecule has 0 N–H and O–H groups in total. The summed E-state index contributed by atoms with van der Waals surface area (Å²) in [6.07, 6.45) is 0. The van der Waals surface area contributed by atoms with Crippen molar-refractivity contribution in [2.75, 3.05) is 38.3 Å². The van der Waals surface area contributed by atoms with Gasteiger partial charge in [0.05, 0.1) is 35.7 Å². The lowest BCUT2D eigenvalue weighted by Crippen LogP contribution is -2.40. The number of nitrogens with zero attached hydrogens (tertiary/aromatic N) is 5. The number of nitro benzene ring substituents is 1. The first kappa shape index (κ1) is 19.8. The number of imidazole rings is 1. The van der Waals surface area contributed by atoms with Crippen LogP contribution in [0.1, 0.15) is 16.2 Å². The van der Waals surface area contributed by atoms with Gasteiger partial charge in [0.2, 0.25) is 0 Å². The number of anilines is 1. The van der Waals surface area contributed by atoms with Gasteiger partial charge in [-0.25, -0.2) is 4.98 Å². The summed E-state index contributed by atoms with van der Waals surface area (Å²) in [6, 6.07) is 12.4. The van der Waals surface area contributed by atoms with Crippen LogP contribution in [0.4, 0.5) is 11.4 Å². The van der Waals surface area contributed by atoms with Gasteiger partial charge in [0.1, 0.15) is 11.5 Å². The Hall–Kier alpha value is -3.46. The van der Waals surface area contributed by atoms with Crippen LogP contribution in [0.3, 0.4) is 0 Å². The van der Waals surface area contributed by atoms with Crippen molar-refractivity contribution in [2.24, 2.45) is 7.05 Å². The van der Waals surface area contributed by atoms with Crippen LogP contribution >= 0.6 is 0 Å². The summed E-state index contributed by atoms with van der Waals surface area (Å²) < 4.78 is 7.25. The van der Waals surface area contributed by atoms with E-state index < -0.39 is 4.92 Å². The van der Waals surface area contributed by atoms with Crippen molar-refractivity contribution in [2.45, 2.75) is 6.54 Å². The van der Waals surface area contributed by atoms with Crippen LogP contribution in [0, 0.1) is 10.1 Å². The van der Waals surface area contributed by atoms with E-state index in [0.717, 1.165) is 16.9 Å². The lowest BCUT2D eigenvalue weighted by Gasteiger charge is -2.27. The van der Waals surface area contributed by atoms with Crippen molar-refractivity contribution in [1.82, 2.24) is 14.5 Å². The molecule has 1 saturated heterocycles. The Morgan fingerprint density at radius 3 is 2.67 bits per heavy atom. The van der Waals surface area contributed by atoms with Gasteiger partial charge in [-0.3, -0.25) is 14.9 Å². The summed E-state index contributed by atoms with van der Waals surface area (Å²) in [4.78, 5) is 32.1. The number of morpholine rings is 1. The first-order chi connectivity index (χ1) is 14.5. The largest absolute Gasteiger partial charge is 0.378 e. The van der Waals surface area contributed by atoms with E-state index in [4.69, 9.17) is 4.74 Å². The number of carbonyl (C=O) groups is 1. The molecule has 1 fully saturated rings. The first-order valence-electron chi connectivity index (χ1n) is 9.72. The quantitative estimate of drug-likeness (QED) is 0.475. The lowest BCUT2D eigenvalue weighted by atomic mass is 10.1. The number of aryl methyl sites for hydroxylation is 1. The molecule has 1 aromatic heterocycles. The minimum absolute atomic E-state index is 0.102. The summed E-state index contributed by atoms with van der Waals surface area (Å²) in [6.45, 7) is 2.32. The smallest absolute Gasteiger partial charge is 0.293 e. The van der Waals surface area contributed by atoms with Gasteiger partial charge in [-0.05, 0) is 24.3 Å². The summed E-state index contributed by atoms with van der Waals surface area (Å²) in [5, 5.41) is 11.8. The fourth-order valence-corrected chi connectivity index (χ4v) is 3.71. The third-order valence-electron chi connectivity index (χ3n) is 5.39. The summed E-state index contributed by atoms with van der Waals surface area (Å²) in [5.74, 6) is 0.576. The lowest BCUT2D eigenvalue weighted by molar-refractivity contribution is -0.384. The number of hydrogen-bond acceptors (Lipinski definition) is 6. The second kappa shape index (κ2) is 8.11. The number of benzene rings is 2. The van der Waals surface area contributed by atoms with Crippen molar-refractivity contribution in [3.8, 4) is 0 Å². The number of hydrogen-bond donors (Lipinski definition) is 0. The molecule has 0 spiro atoms. The van der Waals surface area contributed by atoms with Crippen LogP contribution in [-0.2, 0) is 18.3 Å². The maximum atomic E-state index is 12.7. The zero-order valence-electron chi connectivity index (χ0n) is 16.9. The molecule has 30 heavy (non-hydrogen) atoms. The Kier molecular flexibility index (Phi) is 5.37. The normalized spacial score (nSPS) is 14.1. The standard InChI is InChI=1S/C21H23N5O4/c1-23(14-20-22-16-5-3-4-6-17(16)24(20)2)18-8-7-15(13-19(18)26(28)29)21(27)25-9-11-30-12-10-25/h3-8,13H,9-12,14H2,1-2H3. The van der Waals surface area contributed by atoms with Gasteiger partial charge in [-0.2, -0.15) is 0 Å². The topological polar surface area (TPSA) is 93.7 Å². The Morgan fingerprint density at radius 2 is 1.97 bits per heavy atom. The van der Waals surface area contributed by atoms with E-state index in [-0.39, 0.29) is 11.6 Å². The molecule has 0 radical (unpaired) electrons. The molecular weight excluding hydrogens is 386 g/mol. The SMILES string of the molecule is CN(Cc1nc2ccccc2n1C)c1ccc(C(=O)N2CCOCC2)cc1[N+](=O)[O-]. The second-order valence-electron chi connectivity index (χ2n) is 7.30. The number of ether oxygens (including phenoxy) is 1. The number of carbonyl (C=O) groups excluding carboxylic acids is 1. The van der Waals surface area contributed by atoms with Crippen molar-refractivity contribution in [3.05, 3.63) is 64.0 Å². The average molecular weight is 409 g/mol. The molecule has 0 saturated carbocycles. The van der Waals surface area contributed by atoms with Gasteiger partial charge >= 0.3 is 0 Å². The van der Waals surface area contributed by atoms with Crippen LogP contribution in [0.15, 0.2) is 42.5 Å². The Balaban J connectivity index is 1.61. The molecule has 1 aliphatic heterocycles. The highest BCUT2D eigenvalue weighted by atomic mass is 16.6. The minimum atomic E-state index is -0.448. The van der Waals surface area contributed by atoms with Gasteiger partial charge in [0.15, 0.2) is 0 Å². The fourth-order valence-electron chi connectivity index (χ4n) is 3.71. The van der Waals surface area contributed by atoms with E-state index in [1.165, 1.54) is 6.07 Å². The van der Waals surface area contributed by atoms with E-state index in [9.17, 15) is 14.9 Å². The minimum Gasteiger partial charge on any atom is -0.378 e. The first-order valence-corrected chi connectivity index (χ1v) is 9.72. The highest BCUT2D eigenvalue weighted by Gasteiger charge is 2.24. The summed E-state index contributed by atoms with van der Waals surface area (Å²) >= 11 is 0. The molecule has 3 aromatic rings. The molecule has 0 unspecified atom stereocenters. The van der Waals surface area contributed by atoms with E-state index in [0.29, 0.717) is 44.1 Å². The number of amides is 1. The molecule has 1 amide bonds. The maximum Gasteiger partial charge on any atom is 0.293 e. The maximum absolute atomic E-state index is 12.7. The van der Waals surface area contributed by atoms with Crippen molar-refractivity contribution >= 4 is 28.3 Å². The van der Waals surface area contributed by atoms with Crippen LogP contribution in [0.25, 0.3) is 11.0 Å². The van der Waals surface area contributed by atoms with Crippen LogP contribution in [0.2, 0.25) is 0 Å². The van der Waals surface area contributed by atoms with Crippen molar-refractivity contribution in [1.29, 1.82) is 0 Å². The third-order valence-corrected chi connectivity index (χ3v) is 5.39. The van der Waals surface area contributed by atoms with Crippen LogP contribution in [0.5, 0.6) is 0 Å². The highest BCUT2D eigenvalue weighted by molar-refractivity contribution is 5.96. The molecule has 4 rings (SSSR count). The number of fused-ring (bicyclic) bond motifs is 1. The molecule has 0 aliphatic carbocycles. The molecule has 156 valence electrons. The highest BCUT2D eigenvalue weighted by Crippen LogP contribution is 2.30. The van der Waals surface area contributed by atoms with Crippen molar-refractivity contribution < 1.29 is 14.5 Å². The zero-order chi connectivity index (χ0) is 21.3. The van der Waals surface area contributed by atoms with Gasteiger partial charge < -0.3 is 19.1 Å². The number of nitro groups is 1. The molecule has 2 heterocycles. The third kappa shape index (κ3) is 3.71. The van der Waals surface area contributed by atoms with Gasteiger partial charge in [0.25, 0.3) is 11.6 Å². The van der Waals surface area contributed by atoms with E-state index in [1.807, 2.05) is 35.9 Å². The second-order valence-corrected chi connectivity index (χ2v) is 7.30. The van der Waals surface area contributed by atoms with Gasteiger partial charge in [-0.1, -0.05) is 12.1 Å². The average Bonchev–Trinajstić information content (AvgIpc) is 3.08. The monoisotopic (exact) mass is 409 g/mol. The molecule has 0 atom stereocenters.